The third kappa shape index (κ3) is 5.05. The highest BCUT2D eigenvalue weighted by atomic mass is 16.5. The van der Waals surface area contributed by atoms with Gasteiger partial charge in [-0.25, -0.2) is 16.8 Å². The Morgan fingerprint density at radius 3 is 1.50 bits per heavy atom. The lowest BCUT2D eigenvalue weighted by molar-refractivity contribution is 0.414. The zero-order chi connectivity index (χ0) is 15.0. The van der Waals surface area contributed by atoms with E-state index in [4.69, 9.17) is 26.9 Å². The van der Waals surface area contributed by atoms with Gasteiger partial charge in [0.25, 0.3) is 0 Å². The lowest BCUT2D eigenvalue weighted by atomic mass is 10.3. The number of nitrogen functional groups attached to an aromatic ring is 1. The van der Waals surface area contributed by atoms with Crippen molar-refractivity contribution in [1.82, 2.24) is 0 Å². The fourth-order valence-electron chi connectivity index (χ4n) is 1.36. The lowest BCUT2D eigenvalue weighted by Gasteiger charge is -2.10. The van der Waals surface area contributed by atoms with Crippen LogP contribution in [-0.2, 0) is 0 Å². The van der Waals surface area contributed by atoms with E-state index in [9.17, 15) is 0 Å². The van der Waals surface area contributed by atoms with Crippen molar-refractivity contribution in [2.75, 3.05) is 25.1 Å². The summed E-state index contributed by atoms with van der Waals surface area (Å²) in [5.41, 5.74) is 6.93. The minimum absolute atomic E-state index is 0.741. The Morgan fingerprint density at radius 2 is 1.15 bits per heavy atom. The molecule has 2 rings (SSSR count). The van der Waals surface area contributed by atoms with Gasteiger partial charge in [-0.3, -0.25) is 0 Å². The van der Waals surface area contributed by atoms with Crippen LogP contribution < -0.4 is 32.0 Å². The SMILES string of the molecule is COc1ccc(N(N)N)cc1.COc1ccc(N)cc1. The monoisotopic (exact) mass is 276 g/mol. The zero-order valence-electron chi connectivity index (χ0n) is 11.6. The molecule has 0 aromatic heterocycles. The number of hydrogen-bond acceptors (Lipinski definition) is 6. The molecular formula is C14H20N4O2. The van der Waals surface area contributed by atoms with Gasteiger partial charge in [0, 0.05) is 5.69 Å². The highest BCUT2D eigenvalue weighted by molar-refractivity contribution is 5.46. The molecule has 2 aromatic rings. The van der Waals surface area contributed by atoms with Crippen molar-refractivity contribution >= 4 is 11.4 Å². The standard InChI is InChI=1S/C7H11N3O.C7H9NO/c1-11-7-4-2-6(3-5-7)10(8)9;1-9-7-4-2-6(8)3-5-7/h2-5H,8-9H2,1H3;2-5H,8H2,1H3. The number of hydrazine groups is 2. The largest absolute Gasteiger partial charge is 0.497 e. The molecular weight excluding hydrogens is 256 g/mol. The van der Waals surface area contributed by atoms with E-state index in [1.165, 1.54) is 0 Å². The van der Waals surface area contributed by atoms with Crippen molar-refractivity contribution in [2.24, 2.45) is 11.7 Å². The van der Waals surface area contributed by atoms with Crippen LogP contribution in [0.3, 0.4) is 0 Å². The molecule has 6 heteroatoms. The van der Waals surface area contributed by atoms with Crippen LogP contribution in [0.2, 0.25) is 0 Å². The van der Waals surface area contributed by atoms with Gasteiger partial charge in [-0.05, 0) is 48.5 Å². The normalized spacial score (nSPS) is 9.20. The number of nitrogens with two attached hydrogens (primary N) is 3. The van der Waals surface area contributed by atoms with E-state index in [2.05, 4.69) is 0 Å². The van der Waals surface area contributed by atoms with Crippen LogP contribution in [0.4, 0.5) is 11.4 Å². The van der Waals surface area contributed by atoms with E-state index in [0.29, 0.717) is 0 Å². The average Bonchev–Trinajstić information content (AvgIpc) is 2.49. The van der Waals surface area contributed by atoms with Crippen LogP contribution in [0.1, 0.15) is 0 Å². The molecule has 0 aliphatic heterocycles. The first-order valence-electron chi connectivity index (χ1n) is 5.90. The molecule has 0 bridgehead atoms. The first-order valence-corrected chi connectivity index (χ1v) is 5.90. The van der Waals surface area contributed by atoms with Gasteiger partial charge in [0.15, 0.2) is 0 Å². The smallest absolute Gasteiger partial charge is 0.119 e. The summed E-state index contributed by atoms with van der Waals surface area (Å²) < 4.78 is 9.86. The quantitative estimate of drug-likeness (QED) is 0.446. The van der Waals surface area contributed by atoms with Crippen LogP contribution in [0.25, 0.3) is 0 Å². The number of nitrogens with zero attached hydrogens (tertiary/aromatic N) is 1. The van der Waals surface area contributed by atoms with Crippen molar-refractivity contribution in [3.8, 4) is 11.5 Å². The second-order valence-corrected chi connectivity index (χ2v) is 3.88. The van der Waals surface area contributed by atoms with Crippen molar-refractivity contribution in [1.29, 1.82) is 0 Å². The Morgan fingerprint density at radius 1 is 0.750 bits per heavy atom. The number of hydrogen-bond donors (Lipinski definition) is 3. The molecule has 0 aliphatic carbocycles. The highest BCUT2D eigenvalue weighted by Crippen LogP contribution is 2.15. The molecule has 20 heavy (non-hydrogen) atoms. The number of methoxy groups -OCH3 is 2. The first-order chi connectivity index (χ1) is 9.56. The summed E-state index contributed by atoms with van der Waals surface area (Å²) in [5.74, 6) is 12.2. The third-order valence-corrected chi connectivity index (χ3v) is 2.49. The van der Waals surface area contributed by atoms with Gasteiger partial charge >= 0.3 is 0 Å². The topological polar surface area (TPSA) is 99.8 Å². The van der Waals surface area contributed by atoms with Crippen LogP contribution in [0.15, 0.2) is 48.5 Å². The summed E-state index contributed by atoms with van der Waals surface area (Å²) in [6.07, 6.45) is 0. The van der Waals surface area contributed by atoms with Crippen molar-refractivity contribution in [2.45, 2.75) is 0 Å². The minimum atomic E-state index is 0.741. The van der Waals surface area contributed by atoms with Crippen molar-refractivity contribution in [3.63, 3.8) is 0 Å². The number of rotatable bonds is 3. The first kappa shape index (κ1) is 15.6. The zero-order valence-corrected chi connectivity index (χ0v) is 11.6. The van der Waals surface area contributed by atoms with Crippen LogP contribution in [0, 0.1) is 0 Å². The van der Waals surface area contributed by atoms with Gasteiger partial charge in [-0.1, -0.05) is 0 Å². The van der Waals surface area contributed by atoms with E-state index >= 15 is 0 Å². The Labute approximate surface area is 118 Å². The second-order valence-electron chi connectivity index (χ2n) is 3.88. The van der Waals surface area contributed by atoms with E-state index in [1.54, 1.807) is 50.6 Å². The Balaban J connectivity index is 0.000000204. The van der Waals surface area contributed by atoms with Gasteiger partial charge in [-0.2, -0.15) is 0 Å². The number of benzene rings is 2. The molecule has 6 nitrogen and oxygen atoms in total. The number of anilines is 2. The summed E-state index contributed by atoms with van der Waals surface area (Å²) in [4.78, 5) is 0. The molecule has 2 aromatic carbocycles. The van der Waals surface area contributed by atoms with E-state index in [0.717, 1.165) is 28.0 Å². The molecule has 108 valence electrons. The van der Waals surface area contributed by atoms with Gasteiger partial charge in [0.1, 0.15) is 11.5 Å². The Hall–Kier alpha value is -2.44. The Bertz CT molecular complexity index is 498. The fraction of sp³-hybridized carbons (Fsp3) is 0.143. The molecule has 0 amide bonds. The molecule has 0 spiro atoms. The summed E-state index contributed by atoms with van der Waals surface area (Å²) >= 11 is 0. The minimum Gasteiger partial charge on any atom is -0.497 e. The average molecular weight is 276 g/mol. The summed E-state index contributed by atoms with van der Waals surface area (Å²) in [6.45, 7) is 0. The summed E-state index contributed by atoms with van der Waals surface area (Å²) in [7, 11) is 3.24. The van der Waals surface area contributed by atoms with Crippen LogP contribution in [0.5, 0.6) is 11.5 Å². The van der Waals surface area contributed by atoms with E-state index in [-0.39, 0.29) is 0 Å². The van der Waals surface area contributed by atoms with Gasteiger partial charge in [-0.15, -0.1) is 0 Å². The molecule has 0 saturated carbocycles. The van der Waals surface area contributed by atoms with Crippen molar-refractivity contribution < 1.29 is 9.47 Å². The summed E-state index contributed by atoms with van der Waals surface area (Å²) in [6, 6.07) is 14.4. The summed E-state index contributed by atoms with van der Waals surface area (Å²) in [5, 5.41) is 1.06. The second kappa shape index (κ2) is 7.88. The van der Waals surface area contributed by atoms with E-state index in [1.807, 2.05) is 12.1 Å². The maximum absolute atomic E-state index is 5.43. The molecule has 0 saturated heterocycles. The lowest BCUT2D eigenvalue weighted by Crippen LogP contribution is -2.37. The maximum atomic E-state index is 5.43. The highest BCUT2D eigenvalue weighted by Gasteiger charge is 1.94. The number of ether oxygens (including phenoxy) is 2. The fourth-order valence-corrected chi connectivity index (χ4v) is 1.36. The van der Waals surface area contributed by atoms with Crippen LogP contribution in [-0.4, -0.2) is 14.2 Å². The van der Waals surface area contributed by atoms with Gasteiger partial charge in [0.05, 0.1) is 19.9 Å². The van der Waals surface area contributed by atoms with Gasteiger partial charge in [0.2, 0.25) is 0 Å². The van der Waals surface area contributed by atoms with Crippen LogP contribution >= 0.6 is 0 Å². The molecule has 0 atom stereocenters. The third-order valence-electron chi connectivity index (χ3n) is 2.49. The molecule has 0 heterocycles. The van der Waals surface area contributed by atoms with Gasteiger partial charge < -0.3 is 15.2 Å². The molecule has 0 aliphatic rings. The van der Waals surface area contributed by atoms with Crippen molar-refractivity contribution in [3.05, 3.63) is 48.5 Å². The van der Waals surface area contributed by atoms with E-state index < -0.39 is 0 Å². The molecule has 0 unspecified atom stereocenters. The predicted molar refractivity (Wildman–Crippen MR) is 81.3 cm³/mol. The molecule has 6 N–H and O–H groups in total. The Kier molecular flexibility index (Phi) is 6.15. The maximum Gasteiger partial charge on any atom is 0.119 e. The molecule has 0 radical (unpaired) electrons. The molecule has 0 fully saturated rings. The predicted octanol–water partition coefficient (Wildman–Crippen LogP) is 1.53.